The molecule has 1 heterocycles. The summed E-state index contributed by atoms with van der Waals surface area (Å²) < 4.78 is 10.4. The minimum absolute atomic E-state index is 0.0524. The number of rotatable bonds is 4. The highest BCUT2D eigenvalue weighted by atomic mass is 16.5. The second-order valence-corrected chi connectivity index (χ2v) is 2.51. The molecule has 0 aromatic carbocycles. The van der Waals surface area contributed by atoms with Gasteiger partial charge in [0.15, 0.2) is 5.76 Å². The van der Waals surface area contributed by atoms with Gasteiger partial charge in [0.2, 0.25) is 0 Å². The lowest BCUT2D eigenvalue weighted by Crippen LogP contribution is -2.10. The molecule has 4 nitrogen and oxygen atoms in total. The number of aliphatic imine (C=N–C) groups is 1. The molecular formula is C10H13NO3. The predicted molar refractivity (Wildman–Crippen MR) is 54.3 cm³/mol. The van der Waals surface area contributed by atoms with Crippen molar-refractivity contribution in [2.45, 2.75) is 0 Å². The second-order valence-electron chi connectivity index (χ2n) is 2.51. The topological polar surface area (TPSA) is 55.0 Å². The second kappa shape index (κ2) is 5.24. The fourth-order valence-corrected chi connectivity index (χ4v) is 1.03. The number of aliphatic hydroxyl groups excluding tert-OH is 1. The van der Waals surface area contributed by atoms with E-state index in [0.29, 0.717) is 11.7 Å². The van der Waals surface area contributed by atoms with Gasteiger partial charge in [0, 0.05) is 12.6 Å². The van der Waals surface area contributed by atoms with Crippen LogP contribution in [0.3, 0.4) is 0 Å². The molecule has 0 aliphatic heterocycles. The molecule has 0 fully saturated rings. The van der Waals surface area contributed by atoms with E-state index in [4.69, 9.17) is 14.3 Å². The Labute approximate surface area is 82.5 Å². The van der Waals surface area contributed by atoms with E-state index in [-0.39, 0.29) is 13.2 Å². The third kappa shape index (κ3) is 2.23. The maximum absolute atomic E-state index is 8.60. The van der Waals surface area contributed by atoms with Crippen molar-refractivity contribution in [1.82, 2.24) is 0 Å². The Morgan fingerprint density at radius 3 is 3.14 bits per heavy atom. The first-order chi connectivity index (χ1) is 6.83. The molecule has 0 saturated carbocycles. The van der Waals surface area contributed by atoms with Gasteiger partial charge in [0.25, 0.3) is 5.90 Å². The summed E-state index contributed by atoms with van der Waals surface area (Å²) >= 11 is 0. The molecule has 76 valence electrons. The van der Waals surface area contributed by atoms with E-state index in [1.807, 2.05) is 0 Å². The van der Waals surface area contributed by atoms with Crippen LogP contribution in [0.4, 0.5) is 0 Å². The first-order valence-corrected chi connectivity index (χ1v) is 4.24. The van der Waals surface area contributed by atoms with Crippen molar-refractivity contribution >= 4 is 12.0 Å². The van der Waals surface area contributed by atoms with Crippen LogP contribution in [0.1, 0.15) is 11.3 Å². The predicted octanol–water partition coefficient (Wildman–Crippen LogP) is 1.31. The lowest BCUT2D eigenvalue weighted by atomic mass is 10.2. The van der Waals surface area contributed by atoms with Crippen molar-refractivity contribution in [3.8, 4) is 0 Å². The number of aliphatic hydroxyl groups is 1. The van der Waals surface area contributed by atoms with Gasteiger partial charge in [0.05, 0.1) is 12.9 Å². The van der Waals surface area contributed by atoms with Crippen molar-refractivity contribution in [3.05, 3.63) is 30.2 Å². The molecule has 1 rings (SSSR count). The zero-order chi connectivity index (χ0) is 10.4. The Balaban J connectivity index is 2.84. The Hall–Kier alpha value is -1.55. The Morgan fingerprint density at radius 1 is 1.79 bits per heavy atom. The average Bonchev–Trinajstić information content (AvgIpc) is 2.67. The minimum Gasteiger partial charge on any atom is -0.473 e. The summed E-state index contributed by atoms with van der Waals surface area (Å²) in [6, 6.07) is 1.77. The van der Waals surface area contributed by atoms with Crippen LogP contribution in [0.25, 0.3) is 6.08 Å². The van der Waals surface area contributed by atoms with Crippen molar-refractivity contribution in [1.29, 1.82) is 0 Å². The molecule has 0 saturated heterocycles. The quantitative estimate of drug-likeness (QED) is 0.582. The molecule has 0 amide bonds. The highest BCUT2D eigenvalue weighted by molar-refractivity contribution is 5.94. The molecular weight excluding hydrogens is 182 g/mol. The van der Waals surface area contributed by atoms with Crippen LogP contribution in [0.2, 0.25) is 0 Å². The van der Waals surface area contributed by atoms with Crippen LogP contribution in [-0.2, 0) is 4.74 Å². The molecule has 14 heavy (non-hydrogen) atoms. The third-order valence-electron chi connectivity index (χ3n) is 1.64. The van der Waals surface area contributed by atoms with E-state index in [1.54, 1.807) is 25.5 Å². The van der Waals surface area contributed by atoms with Crippen LogP contribution in [0, 0.1) is 0 Å². The maximum atomic E-state index is 8.60. The van der Waals surface area contributed by atoms with Crippen LogP contribution in [0.5, 0.6) is 0 Å². The van der Waals surface area contributed by atoms with Gasteiger partial charge >= 0.3 is 0 Å². The lowest BCUT2D eigenvalue weighted by molar-refractivity contribution is 0.192. The van der Waals surface area contributed by atoms with Crippen LogP contribution in [0.15, 0.2) is 28.3 Å². The summed E-state index contributed by atoms with van der Waals surface area (Å²) in [6.07, 6.45) is 3.20. The third-order valence-corrected chi connectivity index (χ3v) is 1.64. The van der Waals surface area contributed by atoms with Gasteiger partial charge in [-0.05, 0) is 6.07 Å². The van der Waals surface area contributed by atoms with Crippen molar-refractivity contribution in [2.75, 3.05) is 20.3 Å². The van der Waals surface area contributed by atoms with Crippen molar-refractivity contribution in [2.24, 2.45) is 4.99 Å². The summed E-state index contributed by atoms with van der Waals surface area (Å²) in [5.41, 5.74) is 0.823. The first-order valence-electron chi connectivity index (χ1n) is 4.24. The van der Waals surface area contributed by atoms with Gasteiger partial charge in [-0.25, -0.2) is 0 Å². The molecule has 1 N–H and O–H groups in total. The largest absolute Gasteiger partial charge is 0.473 e. The van der Waals surface area contributed by atoms with Crippen LogP contribution >= 0.6 is 0 Å². The highest BCUT2D eigenvalue weighted by Gasteiger charge is 2.11. The zero-order valence-electron chi connectivity index (χ0n) is 8.06. The summed E-state index contributed by atoms with van der Waals surface area (Å²) in [7, 11) is 1.60. The number of hydrogen-bond donors (Lipinski definition) is 1. The normalized spacial score (nSPS) is 11.4. The van der Waals surface area contributed by atoms with E-state index < -0.39 is 0 Å². The fraction of sp³-hybridized carbons (Fsp3) is 0.300. The van der Waals surface area contributed by atoms with Gasteiger partial charge in [-0.2, -0.15) is 0 Å². The number of ether oxygens (including phenoxy) is 1. The van der Waals surface area contributed by atoms with Crippen molar-refractivity contribution < 1.29 is 14.3 Å². The minimum atomic E-state index is -0.0524. The number of hydrogen-bond acceptors (Lipinski definition) is 4. The first kappa shape index (κ1) is 10.5. The molecule has 0 unspecified atom stereocenters. The smallest absolute Gasteiger partial charge is 0.253 e. The number of furan rings is 1. The van der Waals surface area contributed by atoms with Gasteiger partial charge < -0.3 is 14.3 Å². The summed E-state index contributed by atoms with van der Waals surface area (Å²) in [5.74, 6) is 0.912. The Morgan fingerprint density at radius 2 is 2.57 bits per heavy atom. The Kier molecular flexibility index (Phi) is 3.94. The SMILES string of the molecule is C=Cc1ccoc1C(=NC)OCCO. The molecule has 0 aliphatic carbocycles. The van der Waals surface area contributed by atoms with E-state index >= 15 is 0 Å². The molecule has 0 spiro atoms. The van der Waals surface area contributed by atoms with Gasteiger partial charge in [-0.3, -0.25) is 4.99 Å². The molecule has 4 heteroatoms. The molecule has 1 aromatic heterocycles. The molecule has 1 aromatic rings. The van der Waals surface area contributed by atoms with Crippen molar-refractivity contribution in [3.63, 3.8) is 0 Å². The fourth-order valence-electron chi connectivity index (χ4n) is 1.03. The maximum Gasteiger partial charge on any atom is 0.253 e. The molecule has 0 radical (unpaired) electrons. The average molecular weight is 195 g/mol. The van der Waals surface area contributed by atoms with Gasteiger partial charge in [0.1, 0.15) is 6.61 Å². The summed E-state index contributed by atoms with van der Waals surface area (Å²) in [5, 5.41) is 8.60. The van der Waals surface area contributed by atoms with Crippen LogP contribution in [-0.4, -0.2) is 31.3 Å². The molecule has 0 atom stereocenters. The Bertz CT molecular complexity index is 328. The van der Waals surface area contributed by atoms with E-state index in [1.165, 1.54) is 0 Å². The van der Waals surface area contributed by atoms with Gasteiger partial charge in [-0.15, -0.1) is 0 Å². The standard InChI is InChI=1S/C10H13NO3/c1-3-8-4-6-13-9(8)10(11-2)14-7-5-12/h3-4,6,12H,1,5,7H2,2H3. The lowest BCUT2D eigenvalue weighted by Gasteiger charge is -2.05. The number of nitrogens with zero attached hydrogens (tertiary/aromatic N) is 1. The van der Waals surface area contributed by atoms with E-state index in [2.05, 4.69) is 11.6 Å². The summed E-state index contributed by atoms with van der Waals surface area (Å²) in [6.45, 7) is 3.79. The molecule has 0 aliphatic rings. The monoisotopic (exact) mass is 195 g/mol. The van der Waals surface area contributed by atoms with E-state index in [9.17, 15) is 0 Å². The summed E-state index contributed by atoms with van der Waals surface area (Å²) in [4.78, 5) is 3.92. The van der Waals surface area contributed by atoms with E-state index in [0.717, 1.165) is 5.56 Å². The molecule has 0 bridgehead atoms. The van der Waals surface area contributed by atoms with Crippen LogP contribution < -0.4 is 0 Å². The van der Waals surface area contributed by atoms with Gasteiger partial charge in [-0.1, -0.05) is 12.7 Å². The highest BCUT2D eigenvalue weighted by Crippen LogP contribution is 2.13. The zero-order valence-corrected chi connectivity index (χ0v) is 8.06.